The van der Waals surface area contributed by atoms with E-state index in [0.29, 0.717) is 5.82 Å². The number of anilines is 1. The number of nitro groups is 1. The molecular weight excluding hydrogens is 298 g/mol. The Morgan fingerprint density at radius 3 is 2.76 bits per heavy atom. The van der Waals surface area contributed by atoms with Crippen molar-refractivity contribution in [2.45, 2.75) is 17.9 Å². The molecule has 0 aliphatic rings. The van der Waals surface area contributed by atoms with E-state index in [1.807, 2.05) is 0 Å². The summed E-state index contributed by atoms with van der Waals surface area (Å²) in [7, 11) is -4.12. The number of nitrogens with two attached hydrogens (primary N) is 1. The number of hydrogen-bond acceptors (Lipinski definition) is 6. The third kappa shape index (κ3) is 3.01. The van der Waals surface area contributed by atoms with Crippen molar-refractivity contribution >= 4 is 21.4 Å². The number of imidazole rings is 1. The quantitative estimate of drug-likeness (QED) is 0.426. The normalized spacial score (nSPS) is 13.0. The molecule has 0 saturated carbocycles. The lowest BCUT2D eigenvalue weighted by atomic mass is 10.3. The van der Waals surface area contributed by atoms with Crippen LogP contribution in [0.4, 0.5) is 11.4 Å². The molecule has 1 unspecified atom stereocenters. The SMILES string of the molecule is CC(NS(=O)(=O)c1cccc(N)c1[N+](=O)[O-])c1ncc[nH]1. The molecule has 0 fully saturated rings. The molecule has 4 N–H and O–H groups in total. The summed E-state index contributed by atoms with van der Waals surface area (Å²) in [5.74, 6) is 0.394. The Bertz CT molecular complexity index is 757. The van der Waals surface area contributed by atoms with Gasteiger partial charge in [0.25, 0.3) is 0 Å². The minimum Gasteiger partial charge on any atom is -0.393 e. The second kappa shape index (κ2) is 5.50. The molecule has 2 aromatic rings. The van der Waals surface area contributed by atoms with E-state index in [9.17, 15) is 18.5 Å². The lowest BCUT2D eigenvalue weighted by Gasteiger charge is -2.12. The van der Waals surface area contributed by atoms with Crippen LogP contribution < -0.4 is 10.5 Å². The van der Waals surface area contributed by atoms with E-state index in [1.165, 1.54) is 18.3 Å². The van der Waals surface area contributed by atoms with Crippen LogP contribution in [0.1, 0.15) is 18.8 Å². The van der Waals surface area contributed by atoms with Crippen LogP contribution in [0.25, 0.3) is 0 Å². The number of aromatic nitrogens is 2. The number of nitrogens with zero attached hydrogens (tertiary/aromatic N) is 2. The molecule has 112 valence electrons. The lowest BCUT2D eigenvalue weighted by Crippen LogP contribution is -2.28. The fourth-order valence-corrected chi connectivity index (χ4v) is 3.23. The van der Waals surface area contributed by atoms with E-state index >= 15 is 0 Å². The van der Waals surface area contributed by atoms with Crippen molar-refractivity contribution in [2.75, 3.05) is 5.73 Å². The Kier molecular flexibility index (Phi) is 3.91. The third-order valence-corrected chi connectivity index (χ3v) is 4.34. The Balaban J connectivity index is 2.41. The van der Waals surface area contributed by atoms with Crippen LogP contribution in [0, 0.1) is 10.1 Å². The average molecular weight is 311 g/mol. The standard InChI is InChI=1S/C11H13N5O4S/c1-7(11-13-5-6-14-11)15-21(19,20)9-4-2-3-8(12)10(9)16(17)18/h2-7,15H,12H2,1H3,(H,13,14). The summed E-state index contributed by atoms with van der Waals surface area (Å²) in [5, 5.41) is 11.0. The molecule has 1 atom stereocenters. The molecule has 1 heterocycles. The molecule has 10 heteroatoms. The van der Waals surface area contributed by atoms with E-state index in [2.05, 4.69) is 14.7 Å². The highest BCUT2D eigenvalue weighted by Gasteiger charge is 2.29. The molecule has 0 amide bonds. The van der Waals surface area contributed by atoms with Crippen molar-refractivity contribution in [1.82, 2.24) is 14.7 Å². The maximum absolute atomic E-state index is 12.3. The van der Waals surface area contributed by atoms with Gasteiger partial charge >= 0.3 is 5.69 Å². The van der Waals surface area contributed by atoms with E-state index < -0.39 is 31.6 Å². The Hall–Kier alpha value is -2.46. The summed E-state index contributed by atoms with van der Waals surface area (Å²) < 4.78 is 26.9. The number of rotatable bonds is 5. The van der Waals surface area contributed by atoms with Gasteiger partial charge in [0, 0.05) is 12.4 Å². The van der Waals surface area contributed by atoms with Crippen molar-refractivity contribution < 1.29 is 13.3 Å². The molecule has 0 aliphatic carbocycles. The fourth-order valence-electron chi connectivity index (χ4n) is 1.82. The summed E-state index contributed by atoms with van der Waals surface area (Å²) in [6, 6.07) is 3.07. The van der Waals surface area contributed by atoms with Crippen LogP contribution in [-0.4, -0.2) is 23.3 Å². The fraction of sp³-hybridized carbons (Fsp3) is 0.182. The van der Waals surface area contributed by atoms with Crippen molar-refractivity contribution in [2.24, 2.45) is 0 Å². The topological polar surface area (TPSA) is 144 Å². The van der Waals surface area contributed by atoms with Gasteiger partial charge < -0.3 is 10.7 Å². The van der Waals surface area contributed by atoms with Gasteiger partial charge in [0.05, 0.1) is 11.0 Å². The van der Waals surface area contributed by atoms with Gasteiger partial charge in [0.15, 0.2) is 4.90 Å². The van der Waals surface area contributed by atoms with E-state index in [1.54, 1.807) is 13.1 Å². The number of benzene rings is 1. The molecular formula is C11H13N5O4S. The molecule has 9 nitrogen and oxygen atoms in total. The lowest BCUT2D eigenvalue weighted by molar-refractivity contribution is -0.386. The highest BCUT2D eigenvalue weighted by atomic mass is 32.2. The van der Waals surface area contributed by atoms with Crippen LogP contribution >= 0.6 is 0 Å². The first-order valence-electron chi connectivity index (χ1n) is 5.87. The Morgan fingerprint density at radius 1 is 1.48 bits per heavy atom. The molecule has 0 radical (unpaired) electrons. The predicted molar refractivity (Wildman–Crippen MR) is 74.8 cm³/mol. The second-order valence-corrected chi connectivity index (χ2v) is 5.95. The first-order chi connectivity index (χ1) is 9.83. The minimum absolute atomic E-state index is 0.214. The van der Waals surface area contributed by atoms with Gasteiger partial charge in [-0.2, -0.15) is 0 Å². The molecule has 1 aromatic heterocycles. The molecule has 0 bridgehead atoms. The molecule has 21 heavy (non-hydrogen) atoms. The monoisotopic (exact) mass is 311 g/mol. The third-order valence-electron chi connectivity index (χ3n) is 2.76. The molecule has 1 aromatic carbocycles. The Morgan fingerprint density at radius 2 is 2.19 bits per heavy atom. The number of sulfonamides is 1. The zero-order valence-corrected chi connectivity index (χ0v) is 11.8. The summed E-state index contributed by atoms with van der Waals surface area (Å²) >= 11 is 0. The smallest absolute Gasteiger partial charge is 0.312 e. The van der Waals surface area contributed by atoms with Crippen molar-refractivity contribution in [3.05, 3.63) is 46.5 Å². The van der Waals surface area contributed by atoms with Crippen molar-refractivity contribution in [1.29, 1.82) is 0 Å². The zero-order chi connectivity index (χ0) is 15.6. The second-order valence-electron chi connectivity index (χ2n) is 4.27. The van der Waals surface area contributed by atoms with Gasteiger partial charge in [-0.1, -0.05) is 6.07 Å². The van der Waals surface area contributed by atoms with Crippen LogP contribution in [0.2, 0.25) is 0 Å². The number of nitrogen functional groups attached to an aromatic ring is 1. The number of aromatic amines is 1. The van der Waals surface area contributed by atoms with Gasteiger partial charge in [0.2, 0.25) is 10.0 Å². The van der Waals surface area contributed by atoms with E-state index in [0.717, 1.165) is 6.07 Å². The van der Waals surface area contributed by atoms with Crippen LogP contribution in [0.15, 0.2) is 35.5 Å². The molecule has 0 saturated heterocycles. The highest BCUT2D eigenvalue weighted by molar-refractivity contribution is 7.89. The predicted octanol–water partition coefficient (Wildman–Crippen LogP) is 0.940. The van der Waals surface area contributed by atoms with E-state index in [4.69, 9.17) is 5.73 Å². The Labute approximate surface area is 120 Å². The summed E-state index contributed by atoms with van der Waals surface area (Å²) in [5.41, 5.74) is 4.64. The van der Waals surface area contributed by atoms with Crippen LogP contribution in [0.5, 0.6) is 0 Å². The largest absolute Gasteiger partial charge is 0.393 e. The van der Waals surface area contributed by atoms with Gasteiger partial charge in [-0.05, 0) is 19.1 Å². The van der Waals surface area contributed by atoms with Gasteiger partial charge in [-0.25, -0.2) is 18.1 Å². The molecule has 2 rings (SSSR count). The molecule has 0 aliphatic heterocycles. The number of nitro benzene ring substituents is 1. The van der Waals surface area contributed by atoms with Crippen molar-refractivity contribution in [3.8, 4) is 0 Å². The van der Waals surface area contributed by atoms with Gasteiger partial charge in [0.1, 0.15) is 11.5 Å². The summed E-state index contributed by atoms with van der Waals surface area (Å²) in [6.45, 7) is 1.56. The number of hydrogen-bond donors (Lipinski definition) is 3. The molecule has 0 spiro atoms. The number of nitrogens with one attached hydrogen (secondary N) is 2. The summed E-state index contributed by atoms with van der Waals surface area (Å²) in [4.78, 5) is 16.4. The zero-order valence-electron chi connectivity index (χ0n) is 11.0. The maximum Gasteiger partial charge on any atom is 0.312 e. The van der Waals surface area contributed by atoms with Gasteiger partial charge in [-0.3, -0.25) is 10.1 Å². The highest BCUT2D eigenvalue weighted by Crippen LogP contribution is 2.30. The van der Waals surface area contributed by atoms with E-state index in [-0.39, 0.29) is 5.69 Å². The number of H-pyrrole nitrogens is 1. The van der Waals surface area contributed by atoms with Gasteiger partial charge in [-0.15, -0.1) is 0 Å². The summed E-state index contributed by atoms with van der Waals surface area (Å²) in [6.07, 6.45) is 3.02. The van der Waals surface area contributed by atoms with Crippen LogP contribution in [-0.2, 0) is 10.0 Å². The minimum atomic E-state index is -4.12. The first kappa shape index (κ1) is 14.9. The number of para-hydroxylation sites is 1. The average Bonchev–Trinajstić information content (AvgIpc) is 2.91. The first-order valence-corrected chi connectivity index (χ1v) is 7.35. The van der Waals surface area contributed by atoms with Crippen LogP contribution in [0.3, 0.4) is 0 Å². The maximum atomic E-state index is 12.3. The van der Waals surface area contributed by atoms with Crippen molar-refractivity contribution in [3.63, 3.8) is 0 Å².